The van der Waals surface area contributed by atoms with Crippen LogP contribution in [0.15, 0.2) is 15.7 Å². The number of aromatic carboxylic acids is 1. The van der Waals surface area contributed by atoms with Gasteiger partial charge in [-0.1, -0.05) is 0 Å². The van der Waals surface area contributed by atoms with Gasteiger partial charge in [-0.15, -0.1) is 11.3 Å². The van der Waals surface area contributed by atoms with Gasteiger partial charge in [0, 0.05) is 18.5 Å². The molecule has 0 amide bonds. The van der Waals surface area contributed by atoms with Crippen LogP contribution in [0, 0.1) is 5.92 Å². The van der Waals surface area contributed by atoms with E-state index in [9.17, 15) is 13.2 Å². The van der Waals surface area contributed by atoms with E-state index in [2.05, 4.69) is 0 Å². The first-order valence-electron chi connectivity index (χ1n) is 5.64. The predicted molar refractivity (Wildman–Crippen MR) is 68.4 cm³/mol. The Bertz CT molecular complexity index is 559. The van der Waals surface area contributed by atoms with Crippen LogP contribution in [-0.2, 0) is 10.0 Å². The van der Waals surface area contributed by atoms with Crippen LogP contribution in [0.25, 0.3) is 0 Å². The molecule has 1 atom stereocenters. The van der Waals surface area contributed by atoms with Gasteiger partial charge >= 0.3 is 5.97 Å². The summed E-state index contributed by atoms with van der Waals surface area (Å²) in [5, 5.41) is 10.2. The van der Waals surface area contributed by atoms with Crippen LogP contribution in [-0.4, -0.2) is 36.9 Å². The molecule has 0 saturated heterocycles. The van der Waals surface area contributed by atoms with Gasteiger partial charge in [-0.2, -0.15) is 4.31 Å². The van der Waals surface area contributed by atoms with E-state index < -0.39 is 16.0 Å². The van der Waals surface area contributed by atoms with Gasteiger partial charge < -0.3 is 5.11 Å². The minimum Gasteiger partial charge on any atom is -0.478 e. The van der Waals surface area contributed by atoms with Crippen molar-refractivity contribution in [2.24, 2.45) is 5.92 Å². The third-order valence-electron chi connectivity index (χ3n) is 3.33. The summed E-state index contributed by atoms with van der Waals surface area (Å²) in [5.74, 6) is -0.672. The summed E-state index contributed by atoms with van der Waals surface area (Å²) in [6.45, 7) is 1.89. The van der Waals surface area contributed by atoms with E-state index in [4.69, 9.17) is 5.11 Å². The average Bonchev–Trinajstić information content (AvgIpc) is 3.02. The quantitative estimate of drug-likeness (QED) is 0.898. The van der Waals surface area contributed by atoms with E-state index in [1.165, 1.54) is 15.8 Å². The minimum absolute atomic E-state index is 0.0195. The van der Waals surface area contributed by atoms with Crippen molar-refractivity contribution in [2.75, 3.05) is 7.05 Å². The van der Waals surface area contributed by atoms with Crippen LogP contribution >= 0.6 is 11.3 Å². The molecule has 1 heterocycles. The van der Waals surface area contributed by atoms with Gasteiger partial charge in [0.05, 0.1) is 5.56 Å². The number of hydrogen-bond donors (Lipinski definition) is 1. The van der Waals surface area contributed by atoms with Gasteiger partial charge in [0.15, 0.2) is 0 Å². The molecule has 18 heavy (non-hydrogen) atoms. The zero-order chi connectivity index (χ0) is 13.5. The molecule has 1 aromatic heterocycles. The summed E-state index contributed by atoms with van der Waals surface area (Å²) in [4.78, 5) is 10.8. The van der Waals surface area contributed by atoms with E-state index >= 15 is 0 Å². The maximum Gasteiger partial charge on any atom is 0.336 e. The highest BCUT2D eigenvalue weighted by Gasteiger charge is 2.36. The normalized spacial score (nSPS) is 17.9. The summed E-state index contributed by atoms with van der Waals surface area (Å²) in [7, 11) is -2.01. The number of carboxylic acids is 1. The molecule has 1 fully saturated rings. The third-order valence-corrected chi connectivity index (χ3v) is 6.69. The molecule has 1 aliphatic rings. The van der Waals surface area contributed by atoms with Crippen molar-refractivity contribution in [2.45, 2.75) is 30.0 Å². The lowest BCUT2D eigenvalue weighted by molar-refractivity contribution is 0.0697. The van der Waals surface area contributed by atoms with Crippen molar-refractivity contribution >= 4 is 27.3 Å². The van der Waals surface area contributed by atoms with E-state index in [1.807, 2.05) is 6.92 Å². The fourth-order valence-corrected chi connectivity index (χ4v) is 4.56. The SMILES string of the molecule is CC(C1CC1)N(C)S(=O)(=O)c1cc(C(=O)O)cs1. The summed E-state index contributed by atoms with van der Waals surface area (Å²) < 4.78 is 26.0. The molecule has 1 unspecified atom stereocenters. The highest BCUT2D eigenvalue weighted by Crippen LogP contribution is 2.37. The van der Waals surface area contributed by atoms with Crippen molar-refractivity contribution < 1.29 is 18.3 Å². The molecule has 0 spiro atoms. The number of nitrogens with zero attached hydrogens (tertiary/aromatic N) is 1. The van der Waals surface area contributed by atoms with E-state index in [1.54, 1.807) is 7.05 Å². The first-order valence-corrected chi connectivity index (χ1v) is 7.96. The molecule has 1 aromatic rings. The second-order valence-electron chi connectivity index (χ2n) is 4.56. The summed E-state index contributed by atoms with van der Waals surface area (Å²) in [6, 6.07) is 1.18. The topological polar surface area (TPSA) is 74.7 Å². The number of sulfonamides is 1. The monoisotopic (exact) mass is 289 g/mol. The van der Waals surface area contributed by atoms with Crippen molar-refractivity contribution in [3.05, 3.63) is 17.0 Å². The molecule has 5 nitrogen and oxygen atoms in total. The molecule has 0 aromatic carbocycles. The zero-order valence-corrected chi connectivity index (χ0v) is 11.8. The third kappa shape index (κ3) is 2.43. The van der Waals surface area contributed by atoms with Crippen LogP contribution in [0.1, 0.15) is 30.1 Å². The Labute approximate surface area is 110 Å². The van der Waals surface area contributed by atoms with Crippen LogP contribution < -0.4 is 0 Å². The molecule has 0 aliphatic heterocycles. The van der Waals surface area contributed by atoms with Gasteiger partial charge in [0.25, 0.3) is 10.0 Å². The van der Waals surface area contributed by atoms with Crippen LogP contribution in [0.4, 0.5) is 0 Å². The molecule has 0 bridgehead atoms. The lowest BCUT2D eigenvalue weighted by atomic mass is 10.2. The first kappa shape index (κ1) is 13.5. The zero-order valence-electron chi connectivity index (χ0n) is 10.2. The molecular formula is C11H15NO4S2. The molecule has 1 N–H and O–H groups in total. The standard InChI is InChI=1S/C11H15NO4S2/c1-7(8-3-4-8)12(2)18(15,16)10-5-9(6-17-10)11(13)14/h5-8H,3-4H2,1-2H3,(H,13,14). The van der Waals surface area contributed by atoms with Gasteiger partial charge in [-0.3, -0.25) is 0 Å². The number of carboxylic acid groups (broad SMARTS) is 1. The molecular weight excluding hydrogens is 274 g/mol. The smallest absolute Gasteiger partial charge is 0.336 e. The Kier molecular flexibility index (Phi) is 3.48. The summed E-state index contributed by atoms with van der Waals surface area (Å²) in [6.07, 6.45) is 2.12. The summed E-state index contributed by atoms with van der Waals surface area (Å²) >= 11 is 0.952. The van der Waals surface area contributed by atoms with E-state index in [0.717, 1.165) is 24.2 Å². The lowest BCUT2D eigenvalue weighted by Crippen LogP contribution is -2.36. The minimum atomic E-state index is -3.57. The molecule has 1 aliphatic carbocycles. The molecule has 100 valence electrons. The second kappa shape index (κ2) is 4.64. The molecule has 2 rings (SSSR count). The van der Waals surface area contributed by atoms with Crippen molar-refractivity contribution in [1.29, 1.82) is 0 Å². The fourth-order valence-electron chi connectivity index (χ4n) is 1.80. The molecule has 0 radical (unpaired) electrons. The number of thiophene rings is 1. The number of hydrogen-bond acceptors (Lipinski definition) is 4. The fraction of sp³-hybridized carbons (Fsp3) is 0.545. The highest BCUT2D eigenvalue weighted by atomic mass is 32.2. The Morgan fingerprint density at radius 3 is 2.61 bits per heavy atom. The van der Waals surface area contributed by atoms with Crippen LogP contribution in [0.2, 0.25) is 0 Å². The van der Waals surface area contributed by atoms with Gasteiger partial charge in [0.2, 0.25) is 0 Å². The van der Waals surface area contributed by atoms with Gasteiger partial charge in [-0.25, -0.2) is 13.2 Å². The van der Waals surface area contributed by atoms with Gasteiger partial charge in [0.1, 0.15) is 4.21 Å². The van der Waals surface area contributed by atoms with Crippen molar-refractivity contribution in [1.82, 2.24) is 4.31 Å². The largest absolute Gasteiger partial charge is 0.478 e. The number of carbonyl (C=O) groups is 1. The Balaban J connectivity index is 2.26. The van der Waals surface area contributed by atoms with Crippen LogP contribution in [0.5, 0.6) is 0 Å². The van der Waals surface area contributed by atoms with Crippen molar-refractivity contribution in [3.8, 4) is 0 Å². The summed E-state index contributed by atoms with van der Waals surface area (Å²) in [5.41, 5.74) is 0.0195. The Hall–Kier alpha value is -0.920. The molecule has 7 heteroatoms. The van der Waals surface area contributed by atoms with Gasteiger partial charge in [-0.05, 0) is 31.7 Å². The van der Waals surface area contributed by atoms with Crippen LogP contribution in [0.3, 0.4) is 0 Å². The maximum atomic E-state index is 12.3. The molecule has 1 saturated carbocycles. The van der Waals surface area contributed by atoms with E-state index in [0.29, 0.717) is 5.92 Å². The number of rotatable bonds is 5. The Morgan fingerprint density at radius 2 is 2.17 bits per heavy atom. The average molecular weight is 289 g/mol. The lowest BCUT2D eigenvalue weighted by Gasteiger charge is -2.23. The first-order chi connectivity index (χ1) is 8.34. The van der Waals surface area contributed by atoms with E-state index in [-0.39, 0.29) is 15.8 Å². The predicted octanol–water partition coefficient (Wildman–Crippen LogP) is 1.87. The highest BCUT2D eigenvalue weighted by molar-refractivity contribution is 7.91. The Morgan fingerprint density at radius 1 is 1.56 bits per heavy atom. The second-order valence-corrected chi connectivity index (χ2v) is 7.69. The van der Waals surface area contributed by atoms with Crippen molar-refractivity contribution in [3.63, 3.8) is 0 Å². The maximum absolute atomic E-state index is 12.3.